The van der Waals surface area contributed by atoms with Gasteiger partial charge in [-0.05, 0) is 24.7 Å². The van der Waals surface area contributed by atoms with Gasteiger partial charge in [0.25, 0.3) is 0 Å². The molecule has 0 saturated carbocycles. The number of ether oxygens (including phenoxy) is 1. The van der Waals surface area contributed by atoms with Crippen LogP contribution in [0.15, 0.2) is 24.3 Å². The Kier molecular flexibility index (Phi) is 3.23. The molecular formula is C12H18N2O. The lowest BCUT2D eigenvalue weighted by Crippen LogP contribution is -2.22. The third-order valence-electron chi connectivity index (χ3n) is 2.78. The van der Waals surface area contributed by atoms with Crippen molar-refractivity contribution >= 4 is 0 Å². The van der Waals surface area contributed by atoms with Gasteiger partial charge >= 0.3 is 0 Å². The number of benzene rings is 1. The molecule has 1 aliphatic rings. The molecule has 1 fully saturated rings. The lowest BCUT2D eigenvalue weighted by atomic mass is 10.2. The fraction of sp³-hybridized carbons (Fsp3) is 0.500. The topological polar surface area (TPSA) is 15.7 Å². The number of nitrogens with zero attached hydrogens (tertiary/aromatic N) is 2. The van der Waals surface area contributed by atoms with Crippen molar-refractivity contribution in [2.75, 3.05) is 33.9 Å². The molecule has 2 rings (SSSR count). The Bertz CT molecular complexity index is 327. The molecule has 1 aliphatic heterocycles. The van der Waals surface area contributed by atoms with Gasteiger partial charge in [-0.1, -0.05) is 12.1 Å². The van der Waals surface area contributed by atoms with Gasteiger partial charge in [-0.3, -0.25) is 9.80 Å². The zero-order valence-electron chi connectivity index (χ0n) is 9.44. The van der Waals surface area contributed by atoms with E-state index in [-0.39, 0.29) is 0 Å². The van der Waals surface area contributed by atoms with E-state index in [4.69, 9.17) is 4.74 Å². The Balaban J connectivity index is 1.98. The molecule has 0 spiro atoms. The molecule has 0 radical (unpaired) electrons. The van der Waals surface area contributed by atoms with Crippen LogP contribution in [0.5, 0.6) is 5.75 Å². The molecule has 0 amide bonds. The molecule has 0 atom stereocenters. The summed E-state index contributed by atoms with van der Waals surface area (Å²) in [6, 6.07) is 8.30. The summed E-state index contributed by atoms with van der Waals surface area (Å²) in [5.74, 6) is 0.944. The number of hydrogen-bond acceptors (Lipinski definition) is 3. The molecule has 15 heavy (non-hydrogen) atoms. The molecule has 1 aromatic rings. The first-order valence-electron chi connectivity index (χ1n) is 5.32. The van der Waals surface area contributed by atoms with Crippen LogP contribution < -0.4 is 4.74 Å². The van der Waals surface area contributed by atoms with Crippen molar-refractivity contribution < 1.29 is 4.74 Å². The van der Waals surface area contributed by atoms with Gasteiger partial charge in [-0.15, -0.1) is 0 Å². The lowest BCUT2D eigenvalue weighted by Gasteiger charge is -2.15. The molecule has 0 aliphatic carbocycles. The van der Waals surface area contributed by atoms with Gasteiger partial charge in [-0.25, -0.2) is 0 Å². The highest BCUT2D eigenvalue weighted by atomic mass is 16.5. The van der Waals surface area contributed by atoms with Crippen molar-refractivity contribution in [1.82, 2.24) is 9.80 Å². The standard InChI is InChI=1S/C12H18N2O/c1-13-6-7-14(10-13)9-11-4-3-5-12(8-11)15-2/h3-5,8H,6-7,9-10H2,1-2H3. The van der Waals surface area contributed by atoms with Crippen molar-refractivity contribution in [3.8, 4) is 5.75 Å². The first-order valence-corrected chi connectivity index (χ1v) is 5.32. The van der Waals surface area contributed by atoms with Crippen LogP contribution in [0.4, 0.5) is 0 Å². The van der Waals surface area contributed by atoms with Crippen LogP contribution in [0.3, 0.4) is 0 Å². The first kappa shape index (κ1) is 10.5. The molecular weight excluding hydrogens is 188 g/mol. The Morgan fingerprint density at radius 3 is 2.87 bits per heavy atom. The average molecular weight is 206 g/mol. The Labute approximate surface area is 91.2 Å². The number of hydrogen-bond donors (Lipinski definition) is 0. The van der Waals surface area contributed by atoms with Crippen LogP contribution in [-0.4, -0.2) is 43.7 Å². The zero-order chi connectivity index (χ0) is 10.7. The molecule has 3 nitrogen and oxygen atoms in total. The molecule has 82 valence electrons. The highest BCUT2D eigenvalue weighted by Crippen LogP contribution is 2.15. The zero-order valence-corrected chi connectivity index (χ0v) is 9.44. The lowest BCUT2D eigenvalue weighted by molar-refractivity contribution is 0.268. The van der Waals surface area contributed by atoms with E-state index in [0.29, 0.717) is 0 Å². The molecule has 0 unspecified atom stereocenters. The van der Waals surface area contributed by atoms with E-state index in [1.807, 2.05) is 12.1 Å². The average Bonchev–Trinajstić information content (AvgIpc) is 2.64. The van der Waals surface area contributed by atoms with Crippen molar-refractivity contribution in [3.05, 3.63) is 29.8 Å². The maximum Gasteiger partial charge on any atom is 0.119 e. The van der Waals surface area contributed by atoms with E-state index in [1.165, 1.54) is 12.1 Å². The van der Waals surface area contributed by atoms with Gasteiger partial charge in [0.2, 0.25) is 0 Å². The van der Waals surface area contributed by atoms with E-state index in [1.54, 1.807) is 7.11 Å². The van der Waals surface area contributed by atoms with Crippen LogP contribution >= 0.6 is 0 Å². The summed E-state index contributed by atoms with van der Waals surface area (Å²) in [7, 11) is 3.87. The quantitative estimate of drug-likeness (QED) is 0.743. The smallest absolute Gasteiger partial charge is 0.119 e. The van der Waals surface area contributed by atoms with Gasteiger partial charge in [0.15, 0.2) is 0 Å². The van der Waals surface area contributed by atoms with Gasteiger partial charge in [-0.2, -0.15) is 0 Å². The normalized spacial score (nSPS) is 18.3. The molecule has 3 heteroatoms. The van der Waals surface area contributed by atoms with E-state index < -0.39 is 0 Å². The van der Waals surface area contributed by atoms with Crippen LogP contribution in [0.2, 0.25) is 0 Å². The maximum absolute atomic E-state index is 5.21. The third kappa shape index (κ3) is 2.70. The van der Waals surface area contributed by atoms with Crippen LogP contribution in [-0.2, 0) is 6.54 Å². The van der Waals surface area contributed by atoms with E-state index in [0.717, 1.165) is 25.5 Å². The largest absolute Gasteiger partial charge is 0.497 e. The van der Waals surface area contributed by atoms with Gasteiger partial charge in [0.05, 0.1) is 13.8 Å². The van der Waals surface area contributed by atoms with Gasteiger partial charge < -0.3 is 4.74 Å². The SMILES string of the molecule is COc1cccc(CN2CCN(C)C2)c1. The number of likely N-dealkylation sites (N-methyl/N-ethyl adjacent to an activating group) is 1. The number of rotatable bonds is 3. The van der Waals surface area contributed by atoms with E-state index in [2.05, 4.69) is 29.0 Å². The molecule has 0 N–H and O–H groups in total. The summed E-state index contributed by atoms with van der Waals surface area (Å²) in [5, 5.41) is 0. The van der Waals surface area contributed by atoms with Crippen LogP contribution in [0.25, 0.3) is 0 Å². The molecule has 1 saturated heterocycles. The fourth-order valence-corrected chi connectivity index (χ4v) is 1.95. The minimum absolute atomic E-state index is 0.944. The van der Waals surface area contributed by atoms with Crippen molar-refractivity contribution in [1.29, 1.82) is 0 Å². The Morgan fingerprint density at radius 2 is 2.20 bits per heavy atom. The summed E-state index contributed by atoms with van der Waals surface area (Å²) in [6.07, 6.45) is 0. The Morgan fingerprint density at radius 1 is 1.33 bits per heavy atom. The van der Waals surface area contributed by atoms with E-state index >= 15 is 0 Å². The molecule has 0 bridgehead atoms. The predicted molar refractivity (Wildman–Crippen MR) is 60.9 cm³/mol. The highest BCUT2D eigenvalue weighted by molar-refractivity contribution is 5.28. The van der Waals surface area contributed by atoms with Crippen molar-refractivity contribution in [3.63, 3.8) is 0 Å². The molecule has 1 heterocycles. The summed E-state index contributed by atoms with van der Waals surface area (Å²) in [6.45, 7) is 4.41. The first-order chi connectivity index (χ1) is 7.28. The highest BCUT2D eigenvalue weighted by Gasteiger charge is 2.16. The predicted octanol–water partition coefficient (Wildman–Crippen LogP) is 1.40. The Hall–Kier alpha value is -1.06. The van der Waals surface area contributed by atoms with Crippen molar-refractivity contribution in [2.45, 2.75) is 6.54 Å². The second-order valence-electron chi connectivity index (χ2n) is 4.13. The van der Waals surface area contributed by atoms with Crippen molar-refractivity contribution in [2.24, 2.45) is 0 Å². The molecule has 1 aromatic carbocycles. The minimum atomic E-state index is 0.944. The van der Waals surface area contributed by atoms with Gasteiger partial charge in [0, 0.05) is 19.6 Å². The van der Waals surface area contributed by atoms with Gasteiger partial charge in [0.1, 0.15) is 5.75 Å². The summed E-state index contributed by atoms with van der Waals surface area (Å²) >= 11 is 0. The second kappa shape index (κ2) is 4.64. The number of methoxy groups -OCH3 is 1. The summed E-state index contributed by atoms with van der Waals surface area (Å²) < 4.78 is 5.21. The van der Waals surface area contributed by atoms with Crippen LogP contribution in [0.1, 0.15) is 5.56 Å². The third-order valence-corrected chi connectivity index (χ3v) is 2.78. The molecule has 0 aromatic heterocycles. The monoisotopic (exact) mass is 206 g/mol. The fourth-order valence-electron chi connectivity index (χ4n) is 1.95. The summed E-state index contributed by atoms with van der Waals surface area (Å²) in [4.78, 5) is 4.77. The maximum atomic E-state index is 5.21. The minimum Gasteiger partial charge on any atom is -0.497 e. The van der Waals surface area contributed by atoms with Crippen LogP contribution in [0, 0.1) is 0 Å². The summed E-state index contributed by atoms with van der Waals surface area (Å²) in [5.41, 5.74) is 1.32. The second-order valence-corrected chi connectivity index (χ2v) is 4.13. The van der Waals surface area contributed by atoms with E-state index in [9.17, 15) is 0 Å².